The number of carbonyl (C=O) groups excluding carboxylic acids is 3. The maximum Gasteiger partial charge on any atom is 0.411 e. The molecule has 0 N–H and O–H groups in total. The minimum atomic E-state index is -0.703. The molecule has 2 aromatic rings. The predicted molar refractivity (Wildman–Crippen MR) is 112 cm³/mol. The van der Waals surface area contributed by atoms with Crippen LogP contribution in [-0.2, 0) is 20.9 Å². The first-order valence-corrected chi connectivity index (χ1v) is 10.5. The van der Waals surface area contributed by atoms with Crippen LogP contribution in [0.4, 0.5) is 4.79 Å². The highest BCUT2D eigenvalue weighted by Gasteiger charge is 2.44. The Hall–Kier alpha value is -2.87. The van der Waals surface area contributed by atoms with Crippen molar-refractivity contribution in [3.63, 3.8) is 0 Å². The van der Waals surface area contributed by atoms with Crippen LogP contribution in [0.5, 0.6) is 5.75 Å². The molecule has 2 heterocycles. The molecule has 2 saturated heterocycles. The summed E-state index contributed by atoms with van der Waals surface area (Å²) in [6, 6.07) is 14.0. The van der Waals surface area contributed by atoms with Crippen molar-refractivity contribution in [2.24, 2.45) is 0 Å². The van der Waals surface area contributed by atoms with Crippen molar-refractivity contribution in [3.8, 4) is 5.75 Å². The summed E-state index contributed by atoms with van der Waals surface area (Å²) in [6.45, 7) is 0.437. The third-order valence-electron chi connectivity index (χ3n) is 5.42. The number of likely N-dealkylation sites (tertiary alicyclic amines) is 1. The average molecular weight is 473 g/mol. The summed E-state index contributed by atoms with van der Waals surface area (Å²) in [6.07, 6.45) is -0.470. The summed E-state index contributed by atoms with van der Waals surface area (Å²) in [5.41, 5.74) is 1.67. The molecule has 8 heteroatoms. The Morgan fingerprint density at radius 1 is 1.13 bits per heavy atom. The average Bonchev–Trinajstić information content (AvgIpc) is 3.13. The second kappa shape index (κ2) is 8.47. The van der Waals surface area contributed by atoms with Gasteiger partial charge in [-0.05, 0) is 41.8 Å². The lowest BCUT2D eigenvalue weighted by Crippen LogP contribution is -2.54. The molecule has 0 spiro atoms. The topological polar surface area (TPSA) is 76.2 Å². The Kier molecular flexibility index (Phi) is 5.76. The smallest absolute Gasteiger partial charge is 0.411 e. The zero-order valence-electron chi connectivity index (χ0n) is 16.4. The number of nitrogens with zero attached hydrogens (tertiary/aromatic N) is 2. The highest BCUT2D eigenvalue weighted by Crippen LogP contribution is 2.32. The molecule has 2 aliphatic rings. The standard InChI is InChI=1S/C22H21BrN2O5/c1-29-17-7-5-14(6-8-17)12-25-20(26)10-9-18(21(25)27)24-13-19(30-22(24)28)15-3-2-4-16(23)11-15/h2-8,11,18-19H,9-10,12-13H2,1H3/t18-,19+/m0/s1. The lowest BCUT2D eigenvalue weighted by atomic mass is 10.0. The van der Waals surface area contributed by atoms with Crippen LogP contribution < -0.4 is 4.74 Å². The zero-order valence-corrected chi connectivity index (χ0v) is 18.0. The van der Waals surface area contributed by atoms with Gasteiger partial charge in [0.05, 0.1) is 20.2 Å². The fraction of sp³-hybridized carbons (Fsp3) is 0.318. The van der Waals surface area contributed by atoms with Crippen LogP contribution in [0, 0.1) is 0 Å². The number of amides is 3. The van der Waals surface area contributed by atoms with Crippen LogP contribution in [0.2, 0.25) is 0 Å². The summed E-state index contributed by atoms with van der Waals surface area (Å²) in [4.78, 5) is 40.8. The number of ether oxygens (including phenoxy) is 2. The van der Waals surface area contributed by atoms with Gasteiger partial charge < -0.3 is 9.47 Å². The molecule has 4 rings (SSSR count). The van der Waals surface area contributed by atoms with Gasteiger partial charge in [-0.3, -0.25) is 19.4 Å². The van der Waals surface area contributed by atoms with Crippen molar-refractivity contribution in [1.29, 1.82) is 0 Å². The van der Waals surface area contributed by atoms with Crippen LogP contribution in [-0.4, -0.2) is 47.4 Å². The molecule has 0 aliphatic carbocycles. The maximum atomic E-state index is 13.1. The normalized spacial score (nSPS) is 21.7. The third-order valence-corrected chi connectivity index (χ3v) is 5.91. The van der Waals surface area contributed by atoms with Gasteiger partial charge in [0.15, 0.2) is 0 Å². The highest BCUT2D eigenvalue weighted by atomic mass is 79.9. The molecular weight excluding hydrogens is 452 g/mol. The van der Waals surface area contributed by atoms with Gasteiger partial charge in [0, 0.05) is 10.9 Å². The molecule has 30 heavy (non-hydrogen) atoms. The van der Waals surface area contributed by atoms with E-state index in [1.54, 1.807) is 19.2 Å². The number of piperidine rings is 1. The van der Waals surface area contributed by atoms with Crippen molar-refractivity contribution >= 4 is 33.8 Å². The number of hydrogen-bond acceptors (Lipinski definition) is 5. The summed E-state index contributed by atoms with van der Waals surface area (Å²) >= 11 is 3.42. The Labute approximate surface area is 182 Å². The number of hydrogen-bond donors (Lipinski definition) is 0. The summed E-state index contributed by atoms with van der Waals surface area (Å²) < 4.78 is 11.6. The maximum absolute atomic E-state index is 13.1. The van der Waals surface area contributed by atoms with Crippen molar-refractivity contribution < 1.29 is 23.9 Å². The van der Waals surface area contributed by atoms with Gasteiger partial charge in [0.2, 0.25) is 5.91 Å². The number of cyclic esters (lactones) is 1. The lowest BCUT2D eigenvalue weighted by Gasteiger charge is -2.34. The summed E-state index contributed by atoms with van der Waals surface area (Å²) in [5.74, 6) is 0.100. The van der Waals surface area contributed by atoms with E-state index in [0.29, 0.717) is 12.2 Å². The zero-order chi connectivity index (χ0) is 21.3. The molecule has 0 bridgehead atoms. The minimum absolute atomic E-state index is 0.163. The first-order valence-electron chi connectivity index (χ1n) is 9.66. The Balaban J connectivity index is 1.49. The van der Waals surface area contributed by atoms with Crippen molar-refractivity contribution in [2.45, 2.75) is 31.5 Å². The fourth-order valence-electron chi connectivity index (χ4n) is 3.80. The molecule has 0 aromatic heterocycles. The number of halogens is 1. The molecule has 0 radical (unpaired) electrons. The Morgan fingerprint density at radius 3 is 2.60 bits per heavy atom. The van der Waals surface area contributed by atoms with E-state index in [-0.39, 0.29) is 31.3 Å². The van der Waals surface area contributed by atoms with E-state index < -0.39 is 18.2 Å². The molecule has 156 valence electrons. The van der Waals surface area contributed by atoms with E-state index in [1.165, 1.54) is 9.80 Å². The van der Waals surface area contributed by atoms with Crippen molar-refractivity contribution in [1.82, 2.24) is 9.80 Å². The molecule has 7 nitrogen and oxygen atoms in total. The molecular formula is C22H21BrN2O5. The van der Waals surface area contributed by atoms with Gasteiger partial charge in [-0.1, -0.05) is 40.2 Å². The second-order valence-corrected chi connectivity index (χ2v) is 8.22. The van der Waals surface area contributed by atoms with Crippen LogP contribution in [0.3, 0.4) is 0 Å². The number of methoxy groups -OCH3 is 1. The molecule has 0 unspecified atom stereocenters. The molecule has 2 aliphatic heterocycles. The molecule has 0 saturated carbocycles. The van der Waals surface area contributed by atoms with Gasteiger partial charge in [-0.15, -0.1) is 0 Å². The number of rotatable bonds is 5. The first kappa shape index (κ1) is 20.4. The minimum Gasteiger partial charge on any atom is -0.497 e. The fourth-order valence-corrected chi connectivity index (χ4v) is 4.22. The Morgan fingerprint density at radius 2 is 1.90 bits per heavy atom. The van der Waals surface area contributed by atoms with Crippen LogP contribution in [0.25, 0.3) is 0 Å². The monoisotopic (exact) mass is 472 g/mol. The number of carbonyl (C=O) groups is 3. The van der Waals surface area contributed by atoms with Crippen LogP contribution in [0.1, 0.15) is 30.1 Å². The van der Waals surface area contributed by atoms with E-state index in [1.807, 2.05) is 36.4 Å². The SMILES string of the molecule is COc1ccc(CN2C(=O)CC[C@H](N3C[C@H](c4cccc(Br)c4)OC3=O)C2=O)cc1. The van der Waals surface area contributed by atoms with Gasteiger partial charge >= 0.3 is 6.09 Å². The van der Waals surface area contributed by atoms with Gasteiger partial charge in [0.1, 0.15) is 17.9 Å². The molecule has 2 fully saturated rings. The van der Waals surface area contributed by atoms with Gasteiger partial charge in [0.25, 0.3) is 5.91 Å². The molecule has 2 aromatic carbocycles. The largest absolute Gasteiger partial charge is 0.497 e. The van der Waals surface area contributed by atoms with Crippen molar-refractivity contribution in [2.75, 3.05) is 13.7 Å². The van der Waals surface area contributed by atoms with Crippen LogP contribution >= 0.6 is 15.9 Å². The van der Waals surface area contributed by atoms with E-state index in [2.05, 4.69) is 15.9 Å². The van der Waals surface area contributed by atoms with E-state index in [0.717, 1.165) is 15.6 Å². The first-order chi connectivity index (χ1) is 14.5. The molecule has 2 atom stereocenters. The summed E-state index contributed by atoms with van der Waals surface area (Å²) in [5, 5.41) is 0. The second-order valence-electron chi connectivity index (χ2n) is 7.30. The van der Waals surface area contributed by atoms with Gasteiger partial charge in [-0.25, -0.2) is 4.79 Å². The number of imide groups is 1. The Bertz CT molecular complexity index is 978. The van der Waals surface area contributed by atoms with Crippen molar-refractivity contribution in [3.05, 3.63) is 64.1 Å². The number of benzene rings is 2. The van der Waals surface area contributed by atoms with Crippen LogP contribution in [0.15, 0.2) is 53.0 Å². The van der Waals surface area contributed by atoms with E-state index in [4.69, 9.17) is 9.47 Å². The highest BCUT2D eigenvalue weighted by molar-refractivity contribution is 9.10. The summed E-state index contributed by atoms with van der Waals surface area (Å²) in [7, 11) is 1.58. The molecule has 3 amide bonds. The van der Waals surface area contributed by atoms with Gasteiger partial charge in [-0.2, -0.15) is 0 Å². The lowest BCUT2D eigenvalue weighted by molar-refractivity contribution is -0.152. The third kappa shape index (κ3) is 4.05. The predicted octanol–water partition coefficient (Wildman–Crippen LogP) is 3.67. The van der Waals surface area contributed by atoms with E-state index >= 15 is 0 Å². The van der Waals surface area contributed by atoms with E-state index in [9.17, 15) is 14.4 Å². The quantitative estimate of drug-likeness (QED) is 0.620.